The number of guanidine groups is 1. The summed E-state index contributed by atoms with van der Waals surface area (Å²) < 4.78 is 26.8. The summed E-state index contributed by atoms with van der Waals surface area (Å²) in [7, 11) is 0. The van der Waals surface area contributed by atoms with E-state index in [0.717, 1.165) is 0 Å². The summed E-state index contributed by atoms with van der Waals surface area (Å²) in [4.78, 5) is 3.94. The predicted octanol–water partition coefficient (Wildman–Crippen LogP) is 0.155. The average Bonchev–Trinajstić information content (AvgIpc) is 2.28. The van der Waals surface area contributed by atoms with E-state index in [-0.39, 0.29) is 12.0 Å². The van der Waals surface area contributed by atoms with Crippen molar-refractivity contribution < 1.29 is 13.2 Å². The molecule has 8 heteroatoms. The first-order valence-corrected chi connectivity index (χ1v) is 4.71. The monoisotopic (exact) mass is 218 g/mol. The maximum Gasteiger partial charge on any atom is 0.301 e. The highest BCUT2D eigenvalue weighted by Gasteiger charge is 2.06. The molecule has 0 aliphatic carbocycles. The van der Waals surface area contributed by atoms with E-state index in [1.54, 1.807) is 13.8 Å². The van der Waals surface area contributed by atoms with Crippen LogP contribution in [0, 0.1) is 13.8 Å². The summed E-state index contributed by atoms with van der Waals surface area (Å²) in [5, 5.41) is 2.43. The van der Waals surface area contributed by atoms with Gasteiger partial charge in [0.1, 0.15) is 5.76 Å². The van der Waals surface area contributed by atoms with Crippen molar-refractivity contribution in [3.8, 4) is 0 Å². The summed E-state index contributed by atoms with van der Waals surface area (Å²) in [5.74, 6) is 0.414. The first kappa shape index (κ1) is 10.7. The fourth-order valence-corrected chi connectivity index (χ4v) is 0.957. The summed E-state index contributed by atoms with van der Waals surface area (Å²) in [5.41, 5.74) is 5.97. The zero-order valence-electron chi connectivity index (χ0n) is 7.64. The molecule has 0 bridgehead atoms. The van der Waals surface area contributed by atoms with Crippen molar-refractivity contribution >= 4 is 23.2 Å². The van der Waals surface area contributed by atoms with E-state index >= 15 is 0 Å². The standard InChI is InChI=1S/C6H10N4O3S/c1-3-4(2)13-6(8-3)9-5(7)10-14(11)12/h1-2H3,(H,11,12)(H3,7,8,9,10). The van der Waals surface area contributed by atoms with Gasteiger partial charge in [-0.3, -0.25) is 9.87 Å². The number of anilines is 1. The van der Waals surface area contributed by atoms with Crippen molar-refractivity contribution in [1.82, 2.24) is 4.98 Å². The highest BCUT2D eigenvalue weighted by molar-refractivity contribution is 7.78. The van der Waals surface area contributed by atoms with Crippen LogP contribution in [0.1, 0.15) is 11.5 Å². The van der Waals surface area contributed by atoms with E-state index in [0.29, 0.717) is 11.5 Å². The molecule has 7 nitrogen and oxygen atoms in total. The van der Waals surface area contributed by atoms with Gasteiger partial charge in [-0.25, -0.2) is 4.21 Å². The maximum absolute atomic E-state index is 10.2. The topological polar surface area (TPSA) is 114 Å². The molecule has 14 heavy (non-hydrogen) atoms. The normalized spacial score (nSPS) is 14.1. The Labute approximate surface area is 82.8 Å². The minimum absolute atomic E-state index is 0.145. The summed E-state index contributed by atoms with van der Waals surface area (Å²) in [6.45, 7) is 3.51. The molecule has 0 radical (unpaired) electrons. The van der Waals surface area contributed by atoms with E-state index in [9.17, 15) is 4.21 Å². The number of nitrogens with zero attached hydrogens (tertiary/aromatic N) is 2. The van der Waals surface area contributed by atoms with Crippen LogP contribution in [-0.2, 0) is 11.3 Å². The van der Waals surface area contributed by atoms with Crippen LogP contribution in [0.15, 0.2) is 8.81 Å². The number of rotatable bonds is 2. The second-order valence-corrected chi connectivity index (χ2v) is 3.14. The van der Waals surface area contributed by atoms with Gasteiger partial charge in [-0.15, -0.1) is 4.40 Å². The van der Waals surface area contributed by atoms with Gasteiger partial charge in [0, 0.05) is 0 Å². The third-order valence-electron chi connectivity index (χ3n) is 1.44. The second-order valence-electron chi connectivity index (χ2n) is 2.49. The number of hydrogen-bond acceptors (Lipinski definition) is 3. The SMILES string of the molecule is Cc1nc(NC(N)=NS(=O)O)oc1C. The molecule has 0 aliphatic heterocycles. The van der Waals surface area contributed by atoms with Gasteiger partial charge in [-0.05, 0) is 13.8 Å². The fraction of sp³-hybridized carbons (Fsp3) is 0.333. The van der Waals surface area contributed by atoms with Gasteiger partial charge in [0.05, 0.1) is 5.69 Å². The summed E-state index contributed by atoms with van der Waals surface area (Å²) >= 11 is -2.34. The number of nitrogens with two attached hydrogens (primary N) is 1. The molecule has 0 aromatic carbocycles. The van der Waals surface area contributed by atoms with E-state index in [2.05, 4.69) is 14.7 Å². The second kappa shape index (κ2) is 4.20. The van der Waals surface area contributed by atoms with Gasteiger partial charge in [0.15, 0.2) is 0 Å². The van der Waals surface area contributed by atoms with Crippen LogP contribution in [0.5, 0.6) is 0 Å². The van der Waals surface area contributed by atoms with Crippen molar-refractivity contribution in [3.05, 3.63) is 11.5 Å². The van der Waals surface area contributed by atoms with Crippen LogP contribution in [0.2, 0.25) is 0 Å². The minimum Gasteiger partial charge on any atom is -0.428 e. The molecule has 1 aromatic heterocycles. The van der Waals surface area contributed by atoms with Gasteiger partial charge in [-0.2, -0.15) is 4.98 Å². The molecular formula is C6H10N4O3S. The van der Waals surface area contributed by atoms with Crippen LogP contribution in [-0.4, -0.2) is 19.7 Å². The zero-order valence-corrected chi connectivity index (χ0v) is 8.46. The molecule has 1 aromatic rings. The Morgan fingerprint density at radius 2 is 2.36 bits per heavy atom. The molecule has 1 atom stereocenters. The van der Waals surface area contributed by atoms with Crippen LogP contribution in [0.3, 0.4) is 0 Å². The molecule has 0 spiro atoms. The molecule has 1 rings (SSSR count). The van der Waals surface area contributed by atoms with E-state index in [1.165, 1.54) is 0 Å². The van der Waals surface area contributed by atoms with Gasteiger partial charge in [0.2, 0.25) is 5.96 Å². The van der Waals surface area contributed by atoms with Crippen LogP contribution in [0.4, 0.5) is 6.01 Å². The molecule has 1 unspecified atom stereocenters. The first-order chi connectivity index (χ1) is 6.49. The Morgan fingerprint density at radius 3 is 2.79 bits per heavy atom. The number of aromatic nitrogens is 1. The Balaban J connectivity index is 2.74. The molecule has 4 N–H and O–H groups in total. The van der Waals surface area contributed by atoms with E-state index in [4.69, 9.17) is 14.7 Å². The largest absolute Gasteiger partial charge is 0.428 e. The van der Waals surface area contributed by atoms with Crippen molar-refractivity contribution in [2.45, 2.75) is 13.8 Å². The molecule has 0 saturated carbocycles. The quantitative estimate of drug-likeness (QED) is 0.370. The lowest BCUT2D eigenvalue weighted by Gasteiger charge is -1.96. The number of hydrogen-bond donors (Lipinski definition) is 3. The van der Waals surface area contributed by atoms with E-state index in [1.807, 2.05) is 0 Å². The van der Waals surface area contributed by atoms with Gasteiger partial charge < -0.3 is 10.2 Å². The lowest BCUT2D eigenvalue weighted by molar-refractivity contribution is 0.544. The Bertz CT molecular complexity index is 367. The third-order valence-corrected chi connectivity index (χ3v) is 1.79. The Kier molecular flexibility index (Phi) is 3.20. The number of oxazole rings is 1. The first-order valence-electron chi connectivity index (χ1n) is 3.65. The predicted molar refractivity (Wildman–Crippen MR) is 52.0 cm³/mol. The average molecular weight is 218 g/mol. The van der Waals surface area contributed by atoms with Gasteiger partial charge >= 0.3 is 6.01 Å². The summed E-state index contributed by atoms with van der Waals surface area (Å²) in [6.07, 6.45) is 0. The lowest BCUT2D eigenvalue weighted by Crippen LogP contribution is -2.23. The molecule has 1 heterocycles. The van der Waals surface area contributed by atoms with E-state index < -0.39 is 11.3 Å². The van der Waals surface area contributed by atoms with Gasteiger partial charge in [0.25, 0.3) is 11.3 Å². The highest BCUT2D eigenvalue weighted by atomic mass is 32.2. The lowest BCUT2D eigenvalue weighted by atomic mass is 10.4. The summed E-state index contributed by atoms with van der Waals surface area (Å²) in [6, 6.07) is 0.145. The number of aryl methyl sites for hydroxylation is 2. The highest BCUT2D eigenvalue weighted by Crippen LogP contribution is 2.11. The fourth-order valence-electron chi connectivity index (χ4n) is 0.743. The number of nitrogens with one attached hydrogen (secondary N) is 1. The van der Waals surface area contributed by atoms with Crippen LogP contribution >= 0.6 is 0 Å². The van der Waals surface area contributed by atoms with Crippen molar-refractivity contribution in [3.63, 3.8) is 0 Å². The minimum atomic E-state index is -2.34. The molecule has 0 aliphatic rings. The Hall–Kier alpha value is -1.41. The smallest absolute Gasteiger partial charge is 0.301 e. The molecule has 0 saturated heterocycles. The molecule has 78 valence electrons. The zero-order chi connectivity index (χ0) is 10.7. The molecular weight excluding hydrogens is 208 g/mol. The van der Waals surface area contributed by atoms with Crippen molar-refractivity contribution in [1.29, 1.82) is 0 Å². The third kappa shape index (κ3) is 2.82. The Morgan fingerprint density at radius 1 is 1.71 bits per heavy atom. The van der Waals surface area contributed by atoms with Crippen molar-refractivity contribution in [2.24, 2.45) is 10.1 Å². The van der Waals surface area contributed by atoms with Crippen molar-refractivity contribution in [2.75, 3.05) is 5.32 Å². The van der Waals surface area contributed by atoms with Gasteiger partial charge in [-0.1, -0.05) is 0 Å². The molecule has 0 fully saturated rings. The van der Waals surface area contributed by atoms with Crippen LogP contribution in [0.25, 0.3) is 0 Å². The molecule has 0 amide bonds. The maximum atomic E-state index is 10.2. The van der Waals surface area contributed by atoms with Crippen LogP contribution < -0.4 is 11.1 Å².